The van der Waals surface area contributed by atoms with Gasteiger partial charge in [-0.05, 0) is 53.4 Å². The van der Waals surface area contributed by atoms with Crippen molar-refractivity contribution >= 4 is 16.7 Å². The molecular weight excluding hydrogens is 419 g/mol. The molecule has 1 aliphatic heterocycles. The molecule has 2 aromatic carbocycles. The molecule has 8 heteroatoms. The molecule has 1 aliphatic rings. The number of nitrogens with zero attached hydrogens (tertiary/aromatic N) is 2. The van der Waals surface area contributed by atoms with E-state index in [0.717, 1.165) is 32.6 Å². The minimum absolute atomic E-state index is 0.462. The van der Waals surface area contributed by atoms with Crippen LogP contribution in [0.1, 0.15) is 23.6 Å². The van der Waals surface area contributed by atoms with Crippen LogP contribution in [0.5, 0.6) is 0 Å². The Morgan fingerprint density at radius 2 is 1.78 bits per heavy atom. The number of rotatable bonds is 5. The van der Waals surface area contributed by atoms with E-state index in [9.17, 15) is 13.2 Å². The van der Waals surface area contributed by atoms with Gasteiger partial charge in [-0.25, -0.2) is 4.79 Å². The summed E-state index contributed by atoms with van der Waals surface area (Å²) in [6.07, 6.45) is 1.04. The molecule has 3 aromatic rings. The van der Waals surface area contributed by atoms with E-state index in [0.29, 0.717) is 6.04 Å². The normalized spacial score (nSPS) is 16.9. The summed E-state index contributed by atoms with van der Waals surface area (Å²) in [6.45, 7) is 4.36. The first-order chi connectivity index (χ1) is 15.4. The Hall–Kier alpha value is -2.97. The van der Waals surface area contributed by atoms with E-state index in [1.807, 2.05) is 12.4 Å². The summed E-state index contributed by atoms with van der Waals surface area (Å²) in [5, 5.41) is 13.4. The van der Waals surface area contributed by atoms with Crippen molar-refractivity contribution in [3.05, 3.63) is 78.1 Å². The van der Waals surface area contributed by atoms with Crippen LogP contribution >= 0.6 is 0 Å². The summed E-state index contributed by atoms with van der Waals surface area (Å²) in [5.41, 5.74) is 2.83. The van der Waals surface area contributed by atoms with Gasteiger partial charge in [-0.2, -0.15) is 13.2 Å². The first-order valence-electron chi connectivity index (χ1n) is 10.5. The lowest BCUT2D eigenvalue weighted by Gasteiger charge is -2.36. The molecule has 4 rings (SSSR count). The first kappa shape index (κ1) is 23.7. The molecule has 5 nitrogen and oxygen atoms in total. The number of hydrogen-bond donors (Lipinski definition) is 2. The van der Waals surface area contributed by atoms with Crippen molar-refractivity contribution in [2.75, 3.05) is 26.2 Å². The first-order valence-corrected chi connectivity index (χ1v) is 10.5. The van der Waals surface area contributed by atoms with Gasteiger partial charge in [-0.3, -0.25) is 9.88 Å². The number of aliphatic carboxylic acids is 1. The van der Waals surface area contributed by atoms with Crippen molar-refractivity contribution in [2.45, 2.75) is 25.1 Å². The monoisotopic (exact) mass is 445 g/mol. The molecule has 1 unspecified atom stereocenters. The maximum atomic E-state index is 10.6. The fraction of sp³-hybridized carbons (Fsp3) is 0.333. The van der Waals surface area contributed by atoms with Gasteiger partial charge in [0.2, 0.25) is 0 Å². The van der Waals surface area contributed by atoms with Crippen molar-refractivity contribution < 1.29 is 23.1 Å². The molecule has 0 aliphatic carbocycles. The van der Waals surface area contributed by atoms with Gasteiger partial charge in [0, 0.05) is 38.1 Å². The summed E-state index contributed by atoms with van der Waals surface area (Å²) in [6, 6.07) is 20.1. The molecule has 0 radical (unpaired) electrons. The van der Waals surface area contributed by atoms with E-state index in [4.69, 9.17) is 9.90 Å². The van der Waals surface area contributed by atoms with Crippen LogP contribution in [0.4, 0.5) is 13.2 Å². The number of alkyl halides is 3. The van der Waals surface area contributed by atoms with Gasteiger partial charge in [0.05, 0.1) is 0 Å². The lowest BCUT2D eigenvalue weighted by Crippen LogP contribution is -2.46. The molecule has 1 atom stereocenters. The Balaban J connectivity index is 0.000000360. The van der Waals surface area contributed by atoms with E-state index in [1.165, 1.54) is 28.3 Å². The predicted molar refractivity (Wildman–Crippen MR) is 117 cm³/mol. The van der Waals surface area contributed by atoms with E-state index in [-0.39, 0.29) is 0 Å². The highest BCUT2D eigenvalue weighted by molar-refractivity contribution is 5.85. The molecule has 2 heterocycles. The summed E-state index contributed by atoms with van der Waals surface area (Å²) in [4.78, 5) is 15.7. The van der Waals surface area contributed by atoms with Crippen LogP contribution in [0.25, 0.3) is 10.8 Å². The number of carboxylic acids is 1. The summed E-state index contributed by atoms with van der Waals surface area (Å²) in [5.74, 6) is -2.76. The van der Waals surface area contributed by atoms with Crippen molar-refractivity contribution in [2.24, 2.45) is 0 Å². The van der Waals surface area contributed by atoms with Crippen LogP contribution in [0.15, 0.2) is 67.0 Å². The lowest BCUT2D eigenvalue weighted by atomic mass is 10.00. The van der Waals surface area contributed by atoms with Crippen LogP contribution < -0.4 is 5.32 Å². The van der Waals surface area contributed by atoms with Gasteiger partial charge < -0.3 is 10.4 Å². The smallest absolute Gasteiger partial charge is 0.475 e. The van der Waals surface area contributed by atoms with Crippen molar-refractivity contribution in [3.8, 4) is 0 Å². The minimum Gasteiger partial charge on any atom is -0.475 e. The zero-order valence-electron chi connectivity index (χ0n) is 17.6. The van der Waals surface area contributed by atoms with Gasteiger partial charge in [-0.1, -0.05) is 42.5 Å². The Morgan fingerprint density at radius 3 is 2.50 bits per heavy atom. The number of aryl methyl sites for hydroxylation is 1. The molecule has 0 spiro atoms. The highest BCUT2D eigenvalue weighted by Gasteiger charge is 2.38. The van der Waals surface area contributed by atoms with E-state index < -0.39 is 12.1 Å². The molecule has 32 heavy (non-hydrogen) atoms. The number of carboxylic acid groups (broad SMARTS) is 1. The minimum atomic E-state index is -5.08. The summed E-state index contributed by atoms with van der Waals surface area (Å²) < 4.78 is 31.7. The number of fused-ring (bicyclic) bond motifs is 1. The number of halogens is 3. The number of hydrogen-bond acceptors (Lipinski definition) is 4. The van der Waals surface area contributed by atoms with Gasteiger partial charge >= 0.3 is 12.1 Å². The van der Waals surface area contributed by atoms with Crippen LogP contribution in [-0.4, -0.2) is 53.3 Å². The fourth-order valence-electron chi connectivity index (χ4n) is 3.91. The lowest BCUT2D eigenvalue weighted by molar-refractivity contribution is -0.192. The van der Waals surface area contributed by atoms with Crippen LogP contribution in [0, 0.1) is 0 Å². The number of benzene rings is 2. The number of carbonyl (C=O) groups is 1. The second kappa shape index (κ2) is 11.1. The fourth-order valence-corrected chi connectivity index (χ4v) is 3.91. The van der Waals surface area contributed by atoms with Gasteiger partial charge in [0.1, 0.15) is 0 Å². The Labute approximate surface area is 184 Å². The average molecular weight is 445 g/mol. The third kappa shape index (κ3) is 6.51. The second-order valence-electron chi connectivity index (χ2n) is 7.58. The summed E-state index contributed by atoms with van der Waals surface area (Å²) in [7, 11) is 0. The van der Waals surface area contributed by atoms with E-state index in [2.05, 4.69) is 69.8 Å². The molecular formula is C24H26F3N3O2. The highest BCUT2D eigenvalue weighted by Crippen LogP contribution is 2.23. The number of nitrogens with one attached hydrogen (secondary N) is 1. The topological polar surface area (TPSA) is 65.5 Å². The van der Waals surface area contributed by atoms with E-state index in [1.54, 1.807) is 0 Å². The third-order valence-corrected chi connectivity index (χ3v) is 5.46. The molecule has 1 fully saturated rings. The molecule has 0 saturated carbocycles. The third-order valence-electron chi connectivity index (χ3n) is 5.46. The SMILES string of the molecule is O=C(O)C(F)(F)F.c1ccc2c(CCCN3CCNCC3c3ccncc3)cccc2c1. The number of pyridine rings is 1. The van der Waals surface area contributed by atoms with Crippen molar-refractivity contribution in [1.29, 1.82) is 0 Å². The maximum absolute atomic E-state index is 10.6. The number of aromatic nitrogens is 1. The zero-order valence-corrected chi connectivity index (χ0v) is 17.6. The standard InChI is InChI=1S/C22H25N3.C2HF3O2/c1-2-9-21-18(5-1)6-3-7-19(21)8-4-15-25-16-14-24-17-22(25)20-10-12-23-13-11-20;3-2(4,5)1(6)7/h1-3,5-7,9-13,22,24H,4,8,14-17H2;(H,6,7). The van der Waals surface area contributed by atoms with Gasteiger partial charge in [-0.15, -0.1) is 0 Å². The quantitative estimate of drug-likeness (QED) is 0.608. The summed E-state index contributed by atoms with van der Waals surface area (Å²) >= 11 is 0. The zero-order chi connectivity index (χ0) is 23.0. The van der Waals surface area contributed by atoms with Gasteiger partial charge in [0.15, 0.2) is 0 Å². The molecule has 1 saturated heterocycles. The van der Waals surface area contributed by atoms with Crippen molar-refractivity contribution in [1.82, 2.24) is 15.2 Å². The Bertz CT molecular complexity index is 1010. The van der Waals surface area contributed by atoms with E-state index >= 15 is 0 Å². The van der Waals surface area contributed by atoms with Crippen LogP contribution in [-0.2, 0) is 11.2 Å². The van der Waals surface area contributed by atoms with Crippen molar-refractivity contribution in [3.63, 3.8) is 0 Å². The number of piperazine rings is 1. The molecule has 0 amide bonds. The predicted octanol–water partition coefficient (Wildman–Crippen LogP) is 4.45. The van der Waals surface area contributed by atoms with Gasteiger partial charge in [0.25, 0.3) is 0 Å². The Morgan fingerprint density at radius 1 is 1.09 bits per heavy atom. The molecule has 2 N–H and O–H groups in total. The second-order valence-corrected chi connectivity index (χ2v) is 7.58. The van der Waals surface area contributed by atoms with Crippen LogP contribution in [0.3, 0.4) is 0 Å². The largest absolute Gasteiger partial charge is 0.490 e. The molecule has 1 aromatic heterocycles. The highest BCUT2D eigenvalue weighted by atomic mass is 19.4. The van der Waals surface area contributed by atoms with Crippen LogP contribution in [0.2, 0.25) is 0 Å². The average Bonchev–Trinajstić information content (AvgIpc) is 2.80. The Kier molecular flexibility index (Phi) is 8.19. The molecule has 170 valence electrons. The maximum Gasteiger partial charge on any atom is 0.490 e. The molecule has 0 bridgehead atoms.